The highest BCUT2D eigenvalue weighted by molar-refractivity contribution is 5.20. The molecule has 0 bridgehead atoms. The van der Waals surface area contributed by atoms with Gasteiger partial charge >= 0.3 is 0 Å². The van der Waals surface area contributed by atoms with Gasteiger partial charge < -0.3 is 10.6 Å². The molecule has 0 aromatic heterocycles. The highest BCUT2D eigenvalue weighted by Gasteiger charge is 2.31. The standard InChI is InChI=1S/C15H24N2/c1-17(2)15(12-8-4-3-5-9-12)13-10-6-7-11-14(13)16/h3-5,8-9,13-15H,6-7,10-11,16H2,1-2H3/t13-,14-,15+/m1/s1. The second-order valence-corrected chi connectivity index (χ2v) is 5.43. The summed E-state index contributed by atoms with van der Waals surface area (Å²) in [6.07, 6.45) is 5.07. The van der Waals surface area contributed by atoms with Crippen LogP contribution in [0.15, 0.2) is 30.3 Å². The Hall–Kier alpha value is -0.860. The molecule has 17 heavy (non-hydrogen) atoms. The van der Waals surface area contributed by atoms with E-state index >= 15 is 0 Å². The van der Waals surface area contributed by atoms with Gasteiger partial charge in [-0.25, -0.2) is 0 Å². The first-order valence-corrected chi connectivity index (χ1v) is 6.67. The van der Waals surface area contributed by atoms with Crippen molar-refractivity contribution in [3.05, 3.63) is 35.9 Å². The van der Waals surface area contributed by atoms with Gasteiger partial charge in [0.1, 0.15) is 0 Å². The van der Waals surface area contributed by atoms with Crippen molar-refractivity contribution in [3.8, 4) is 0 Å². The highest BCUT2D eigenvalue weighted by Crippen LogP contribution is 2.36. The van der Waals surface area contributed by atoms with Gasteiger partial charge in [0.2, 0.25) is 0 Å². The maximum atomic E-state index is 6.33. The van der Waals surface area contributed by atoms with Crippen LogP contribution in [0.2, 0.25) is 0 Å². The molecule has 2 heteroatoms. The molecule has 0 heterocycles. The first-order chi connectivity index (χ1) is 8.20. The van der Waals surface area contributed by atoms with E-state index in [1.807, 2.05) is 0 Å². The molecule has 3 atom stereocenters. The van der Waals surface area contributed by atoms with Gasteiger partial charge in [-0.2, -0.15) is 0 Å². The quantitative estimate of drug-likeness (QED) is 0.868. The van der Waals surface area contributed by atoms with Gasteiger partial charge in [-0.05, 0) is 38.4 Å². The molecule has 1 aliphatic rings. The normalized spacial score (nSPS) is 27.1. The molecule has 1 aromatic carbocycles. The van der Waals surface area contributed by atoms with Crippen molar-refractivity contribution in [3.63, 3.8) is 0 Å². The largest absolute Gasteiger partial charge is 0.327 e. The van der Waals surface area contributed by atoms with E-state index in [1.54, 1.807) is 0 Å². The zero-order chi connectivity index (χ0) is 12.3. The Balaban J connectivity index is 2.22. The molecular formula is C15H24N2. The van der Waals surface area contributed by atoms with E-state index in [4.69, 9.17) is 5.73 Å². The van der Waals surface area contributed by atoms with Crippen molar-refractivity contribution < 1.29 is 0 Å². The van der Waals surface area contributed by atoms with E-state index in [-0.39, 0.29) is 0 Å². The molecule has 0 amide bonds. The number of nitrogens with two attached hydrogens (primary N) is 1. The predicted octanol–water partition coefficient (Wildman–Crippen LogP) is 2.81. The smallest absolute Gasteiger partial charge is 0.0384 e. The first kappa shape index (κ1) is 12.6. The van der Waals surface area contributed by atoms with Crippen molar-refractivity contribution >= 4 is 0 Å². The van der Waals surface area contributed by atoms with Crippen LogP contribution < -0.4 is 5.73 Å². The maximum Gasteiger partial charge on any atom is 0.0384 e. The molecule has 1 aromatic rings. The van der Waals surface area contributed by atoms with Crippen LogP contribution in [0.25, 0.3) is 0 Å². The SMILES string of the molecule is CN(C)[C@@H](c1ccccc1)[C@@H]1CCCC[C@H]1N. The first-order valence-electron chi connectivity index (χ1n) is 6.67. The number of benzene rings is 1. The Morgan fingerprint density at radius 2 is 1.76 bits per heavy atom. The third kappa shape index (κ3) is 2.88. The van der Waals surface area contributed by atoms with Crippen LogP contribution in [-0.4, -0.2) is 25.0 Å². The summed E-state index contributed by atoms with van der Waals surface area (Å²) in [6.45, 7) is 0. The van der Waals surface area contributed by atoms with Gasteiger partial charge in [0.05, 0.1) is 0 Å². The summed E-state index contributed by atoms with van der Waals surface area (Å²) in [4.78, 5) is 2.32. The molecule has 0 saturated heterocycles. The highest BCUT2D eigenvalue weighted by atomic mass is 15.1. The Morgan fingerprint density at radius 1 is 1.12 bits per heavy atom. The number of rotatable bonds is 3. The summed E-state index contributed by atoms with van der Waals surface area (Å²) >= 11 is 0. The van der Waals surface area contributed by atoms with Gasteiger partial charge in [-0.15, -0.1) is 0 Å². The minimum atomic E-state index is 0.358. The summed E-state index contributed by atoms with van der Waals surface area (Å²) < 4.78 is 0. The fraction of sp³-hybridized carbons (Fsp3) is 0.600. The van der Waals surface area contributed by atoms with Gasteiger partial charge in [-0.3, -0.25) is 0 Å². The lowest BCUT2D eigenvalue weighted by molar-refractivity contribution is 0.151. The van der Waals surface area contributed by atoms with E-state index in [1.165, 1.54) is 31.2 Å². The Kier molecular flexibility index (Phi) is 4.19. The van der Waals surface area contributed by atoms with Crippen LogP contribution in [0.1, 0.15) is 37.3 Å². The van der Waals surface area contributed by atoms with Crippen LogP contribution in [0, 0.1) is 5.92 Å². The van der Waals surface area contributed by atoms with E-state index in [9.17, 15) is 0 Å². The molecule has 1 aliphatic carbocycles. The number of nitrogens with zero attached hydrogens (tertiary/aromatic N) is 1. The number of hydrogen-bond acceptors (Lipinski definition) is 2. The molecule has 2 N–H and O–H groups in total. The minimum Gasteiger partial charge on any atom is -0.327 e. The summed E-state index contributed by atoms with van der Waals surface area (Å²) in [5.41, 5.74) is 7.73. The van der Waals surface area contributed by atoms with Gasteiger partial charge in [0.25, 0.3) is 0 Å². The Bertz CT molecular complexity index is 334. The molecule has 94 valence electrons. The van der Waals surface area contributed by atoms with Gasteiger partial charge in [0, 0.05) is 12.1 Å². The average Bonchev–Trinajstić information content (AvgIpc) is 2.33. The minimum absolute atomic E-state index is 0.358. The third-order valence-electron chi connectivity index (χ3n) is 3.98. The van der Waals surface area contributed by atoms with Crippen molar-refractivity contribution in [2.75, 3.05) is 14.1 Å². The lowest BCUT2D eigenvalue weighted by atomic mass is 9.77. The molecule has 2 rings (SSSR count). The fourth-order valence-electron chi connectivity index (χ4n) is 3.16. The second-order valence-electron chi connectivity index (χ2n) is 5.43. The van der Waals surface area contributed by atoms with Crippen molar-refractivity contribution in [1.29, 1.82) is 0 Å². The molecule has 0 spiro atoms. The Labute approximate surface area is 105 Å². The van der Waals surface area contributed by atoms with Crippen LogP contribution in [-0.2, 0) is 0 Å². The van der Waals surface area contributed by atoms with Gasteiger partial charge in [-0.1, -0.05) is 43.2 Å². The Morgan fingerprint density at radius 3 is 2.35 bits per heavy atom. The second kappa shape index (κ2) is 5.65. The van der Waals surface area contributed by atoms with Gasteiger partial charge in [0.15, 0.2) is 0 Å². The molecule has 0 radical (unpaired) electrons. The molecule has 1 fully saturated rings. The summed E-state index contributed by atoms with van der Waals surface area (Å²) in [5.74, 6) is 0.598. The molecule has 2 nitrogen and oxygen atoms in total. The van der Waals surface area contributed by atoms with Crippen LogP contribution in [0.4, 0.5) is 0 Å². The summed E-state index contributed by atoms with van der Waals surface area (Å²) in [5, 5.41) is 0. The van der Waals surface area contributed by atoms with E-state index in [2.05, 4.69) is 49.3 Å². The predicted molar refractivity (Wildman–Crippen MR) is 72.8 cm³/mol. The monoisotopic (exact) mass is 232 g/mol. The average molecular weight is 232 g/mol. The molecular weight excluding hydrogens is 208 g/mol. The molecule has 0 unspecified atom stereocenters. The maximum absolute atomic E-state index is 6.33. The lowest BCUT2D eigenvalue weighted by Crippen LogP contribution is -2.41. The fourth-order valence-corrected chi connectivity index (χ4v) is 3.16. The summed E-state index contributed by atoms with van der Waals surface area (Å²) in [6, 6.07) is 11.6. The zero-order valence-electron chi connectivity index (χ0n) is 11.0. The van der Waals surface area contributed by atoms with E-state index in [0.717, 1.165) is 0 Å². The summed E-state index contributed by atoms with van der Waals surface area (Å²) in [7, 11) is 4.33. The van der Waals surface area contributed by atoms with Crippen molar-refractivity contribution in [2.24, 2.45) is 11.7 Å². The van der Waals surface area contributed by atoms with Crippen LogP contribution in [0.5, 0.6) is 0 Å². The van der Waals surface area contributed by atoms with Crippen LogP contribution in [0.3, 0.4) is 0 Å². The third-order valence-corrected chi connectivity index (χ3v) is 3.98. The lowest BCUT2D eigenvalue weighted by Gasteiger charge is -2.39. The van der Waals surface area contributed by atoms with Crippen molar-refractivity contribution in [2.45, 2.75) is 37.8 Å². The van der Waals surface area contributed by atoms with E-state index < -0.39 is 0 Å². The molecule has 0 aliphatic heterocycles. The number of hydrogen-bond donors (Lipinski definition) is 1. The van der Waals surface area contributed by atoms with Crippen LogP contribution >= 0.6 is 0 Å². The molecule has 1 saturated carbocycles. The topological polar surface area (TPSA) is 29.3 Å². The van der Waals surface area contributed by atoms with Crippen molar-refractivity contribution in [1.82, 2.24) is 4.90 Å². The van der Waals surface area contributed by atoms with E-state index in [0.29, 0.717) is 18.0 Å². The zero-order valence-corrected chi connectivity index (χ0v) is 11.0.